The lowest BCUT2D eigenvalue weighted by Crippen LogP contribution is -2.47. The van der Waals surface area contributed by atoms with Gasteiger partial charge in [0, 0.05) is 52.0 Å². The number of aliphatic hydroxyl groups is 1. The quantitative estimate of drug-likeness (QED) is 0.601. The van der Waals surface area contributed by atoms with E-state index in [1.807, 2.05) is 0 Å². The Bertz CT molecular complexity index is 902. The van der Waals surface area contributed by atoms with Gasteiger partial charge in [-0.3, -0.25) is 9.59 Å². The Morgan fingerprint density at radius 2 is 1.79 bits per heavy atom. The largest absolute Gasteiger partial charge is 0.381 e. The first-order valence-corrected chi connectivity index (χ1v) is 11.1. The molecule has 0 unspecified atom stereocenters. The summed E-state index contributed by atoms with van der Waals surface area (Å²) in [4.78, 5) is 24.2. The highest BCUT2D eigenvalue weighted by Gasteiger charge is 2.41. The number of anilines is 1. The third-order valence-corrected chi connectivity index (χ3v) is 8.39. The highest BCUT2D eigenvalue weighted by atomic mass is 32.2. The number of carbonyl (C=O) groups excluding carboxylic acids is 2. The van der Waals surface area contributed by atoms with E-state index in [0.29, 0.717) is 11.3 Å². The summed E-state index contributed by atoms with van der Waals surface area (Å²) in [6.45, 7) is -0.367. The summed E-state index contributed by atoms with van der Waals surface area (Å²) in [7, 11) is -4.15. The summed E-state index contributed by atoms with van der Waals surface area (Å²) in [6.07, 6.45) is -1.11. The van der Waals surface area contributed by atoms with Crippen LogP contribution in [0.25, 0.3) is 0 Å². The van der Waals surface area contributed by atoms with Gasteiger partial charge in [-0.25, -0.2) is 17.2 Å². The second-order valence-electron chi connectivity index (χ2n) is 7.03. The van der Waals surface area contributed by atoms with Crippen molar-refractivity contribution in [2.75, 3.05) is 31.6 Å². The van der Waals surface area contributed by atoms with Gasteiger partial charge < -0.3 is 20.9 Å². The van der Waals surface area contributed by atoms with Crippen molar-refractivity contribution in [3.8, 4) is 0 Å². The van der Waals surface area contributed by atoms with Crippen LogP contribution in [0.5, 0.6) is 0 Å². The van der Waals surface area contributed by atoms with E-state index in [9.17, 15) is 31.9 Å². The first kappa shape index (κ1) is 22.0. The van der Waals surface area contributed by atoms with Gasteiger partial charge in [0.25, 0.3) is 27.8 Å². The van der Waals surface area contributed by atoms with E-state index >= 15 is 0 Å². The molecule has 0 bridgehead atoms. The van der Waals surface area contributed by atoms with Crippen LogP contribution in [0.3, 0.4) is 0 Å². The molecule has 3 rings (SSSR count). The maximum absolute atomic E-state index is 13.3. The maximum Gasteiger partial charge on any atom is 0.257 e. The smallest absolute Gasteiger partial charge is 0.257 e. The number of halogens is 2. The Labute approximate surface area is 169 Å². The van der Waals surface area contributed by atoms with Crippen LogP contribution >= 0.6 is 11.3 Å². The van der Waals surface area contributed by atoms with Gasteiger partial charge >= 0.3 is 0 Å². The summed E-state index contributed by atoms with van der Waals surface area (Å²) in [6, 6.07) is 1.01. The van der Waals surface area contributed by atoms with Gasteiger partial charge in [0.2, 0.25) is 0 Å². The predicted molar refractivity (Wildman–Crippen MR) is 99.4 cm³/mol. The lowest BCUT2D eigenvalue weighted by Gasteiger charge is -2.30. The van der Waals surface area contributed by atoms with Crippen molar-refractivity contribution in [3.63, 3.8) is 0 Å². The molecule has 29 heavy (non-hydrogen) atoms. The average molecular weight is 453 g/mol. The van der Waals surface area contributed by atoms with E-state index in [2.05, 4.69) is 5.32 Å². The minimum atomic E-state index is -4.15. The van der Waals surface area contributed by atoms with E-state index in [1.54, 1.807) is 0 Å². The zero-order chi connectivity index (χ0) is 21.4. The molecule has 1 aromatic rings. The molecule has 0 aliphatic carbocycles. The number of rotatable bonds is 5. The molecule has 0 radical (unpaired) electrons. The van der Waals surface area contributed by atoms with Crippen LogP contribution in [0.4, 0.5) is 13.8 Å². The maximum atomic E-state index is 13.3. The molecule has 0 saturated carbocycles. The molecule has 2 aliphatic heterocycles. The lowest BCUT2D eigenvalue weighted by molar-refractivity contribution is -0.143. The molecule has 3 heterocycles. The summed E-state index contributed by atoms with van der Waals surface area (Å²) < 4.78 is 58.0. The third kappa shape index (κ3) is 4.58. The number of alkyl halides is 2. The number of nitrogens with one attached hydrogen (secondary N) is 1. The van der Waals surface area contributed by atoms with Gasteiger partial charge in [0.05, 0.1) is 5.56 Å². The van der Waals surface area contributed by atoms with Crippen molar-refractivity contribution in [2.24, 2.45) is 5.73 Å². The Hall–Kier alpha value is -1.67. The van der Waals surface area contributed by atoms with Gasteiger partial charge in [-0.2, -0.15) is 4.31 Å². The van der Waals surface area contributed by atoms with E-state index < -0.39 is 46.2 Å². The number of nitrogens with two attached hydrogens (primary N) is 1. The summed E-state index contributed by atoms with van der Waals surface area (Å²) in [5, 5.41) is 12.7. The van der Waals surface area contributed by atoms with Crippen LogP contribution in [-0.4, -0.2) is 67.5 Å². The lowest BCUT2D eigenvalue weighted by atomic mass is 9.93. The number of sulfonamides is 1. The second kappa shape index (κ2) is 7.87. The number of amides is 2. The Morgan fingerprint density at radius 3 is 2.34 bits per heavy atom. The number of hydrogen-bond acceptors (Lipinski definition) is 7. The fraction of sp³-hybridized carbons (Fsp3) is 0.625. The van der Waals surface area contributed by atoms with Crippen molar-refractivity contribution in [3.05, 3.63) is 11.6 Å². The van der Waals surface area contributed by atoms with Crippen molar-refractivity contribution in [1.29, 1.82) is 0 Å². The molecule has 0 aromatic carbocycles. The Morgan fingerprint density at radius 1 is 1.21 bits per heavy atom. The van der Waals surface area contributed by atoms with Crippen LogP contribution in [0.15, 0.2) is 10.3 Å². The molecule has 1 aromatic heterocycles. The number of ether oxygens (including phenoxy) is 1. The SMILES string of the molecule is NC(=O)c1cc(S(=O)(=O)N2CCC(F)(F)CC2)sc1NC(=O)C1(O)CCOCC1. The molecular formula is C16H21F2N3O6S2. The highest BCUT2D eigenvalue weighted by Crippen LogP contribution is 2.37. The Balaban J connectivity index is 1.85. The molecular weight excluding hydrogens is 432 g/mol. The van der Waals surface area contributed by atoms with E-state index in [-0.39, 0.29) is 53.9 Å². The average Bonchev–Trinajstić information content (AvgIpc) is 3.07. The number of thiophene rings is 1. The van der Waals surface area contributed by atoms with Crippen LogP contribution in [0.1, 0.15) is 36.0 Å². The topological polar surface area (TPSA) is 139 Å². The molecule has 0 atom stereocenters. The molecule has 2 amide bonds. The Kier molecular flexibility index (Phi) is 5.98. The summed E-state index contributed by atoms with van der Waals surface area (Å²) in [5.41, 5.74) is 3.35. The number of carbonyl (C=O) groups is 2. The zero-order valence-electron chi connectivity index (χ0n) is 15.3. The molecule has 4 N–H and O–H groups in total. The molecule has 2 aliphatic rings. The fourth-order valence-electron chi connectivity index (χ4n) is 3.11. The van der Waals surface area contributed by atoms with E-state index in [4.69, 9.17) is 10.5 Å². The standard InChI is InChI=1S/C16H21F2N3O6S2/c17-16(18)1-5-21(6-2-16)29(25,26)11-9-10(12(19)22)13(28-11)20-14(23)15(24)3-7-27-8-4-15/h9,24H,1-8H2,(H2,19,22)(H,20,23). The van der Waals surface area contributed by atoms with Gasteiger partial charge in [-0.1, -0.05) is 0 Å². The molecule has 2 saturated heterocycles. The summed E-state index contributed by atoms with van der Waals surface area (Å²) in [5.74, 6) is -4.69. The van der Waals surface area contributed by atoms with Gasteiger partial charge in [-0.05, 0) is 6.07 Å². The van der Waals surface area contributed by atoms with E-state index in [1.165, 1.54) is 0 Å². The summed E-state index contributed by atoms with van der Waals surface area (Å²) >= 11 is 0.587. The van der Waals surface area contributed by atoms with Crippen molar-refractivity contribution >= 4 is 38.2 Å². The molecule has 9 nitrogen and oxygen atoms in total. The molecule has 162 valence electrons. The fourth-order valence-corrected chi connectivity index (χ4v) is 6.07. The predicted octanol–water partition coefficient (Wildman–Crippen LogP) is 0.747. The van der Waals surface area contributed by atoms with Crippen LogP contribution in [-0.2, 0) is 19.6 Å². The second-order valence-corrected chi connectivity index (χ2v) is 10.2. The number of primary amides is 1. The van der Waals surface area contributed by atoms with Gasteiger partial charge in [0.15, 0.2) is 0 Å². The molecule has 2 fully saturated rings. The van der Waals surface area contributed by atoms with Crippen LogP contribution in [0.2, 0.25) is 0 Å². The van der Waals surface area contributed by atoms with Crippen molar-refractivity contribution in [2.45, 2.75) is 41.4 Å². The first-order chi connectivity index (χ1) is 13.4. The van der Waals surface area contributed by atoms with Gasteiger partial charge in [-0.15, -0.1) is 11.3 Å². The highest BCUT2D eigenvalue weighted by molar-refractivity contribution is 7.91. The zero-order valence-corrected chi connectivity index (χ0v) is 17.0. The van der Waals surface area contributed by atoms with Gasteiger partial charge in [0.1, 0.15) is 14.8 Å². The normalized spacial score (nSPS) is 22.2. The number of piperidine rings is 1. The van der Waals surface area contributed by atoms with Crippen LogP contribution < -0.4 is 11.1 Å². The number of hydrogen-bond donors (Lipinski definition) is 3. The van der Waals surface area contributed by atoms with Crippen molar-refractivity contribution in [1.82, 2.24) is 4.31 Å². The van der Waals surface area contributed by atoms with E-state index in [0.717, 1.165) is 10.4 Å². The minimum Gasteiger partial charge on any atom is -0.381 e. The first-order valence-electron chi connectivity index (χ1n) is 8.88. The van der Waals surface area contributed by atoms with Crippen LogP contribution in [0, 0.1) is 0 Å². The number of nitrogens with zero attached hydrogens (tertiary/aromatic N) is 1. The third-order valence-electron chi connectivity index (χ3n) is 4.99. The monoisotopic (exact) mass is 453 g/mol. The molecule has 0 spiro atoms. The van der Waals surface area contributed by atoms with Crippen molar-refractivity contribution < 1.29 is 36.6 Å². The molecule has 13 heteroatoms. The minimum absolute atomic E-state index is 0.0449.